The van der Waals surface area contributed by atoms with Crippen LogP contribution in [0.3, 0.4) is 0 Å². The van der Waals surface area contributed by atoms with Crippen molar-refractivity contribution >= 4 is 0 Å². The molecule has 2 unspecified atom stereocenters. The second-order valence-corrected chi connectivity index (χ2v) is 3.99. The van der Waals surface area contributed by atoms with Crippen LogP contribution in [0.15, 0.2) is 24.3 Å². The standard InChI is InChI=1S/C12H16F3NO2/c1-2-9(8-5-3-4-6-10(8)17)16-7-11(18)12(13,14)15/h3-6,9,11,16-18H,2,7H2,1H3. The molecule has 0 heterocycles. The summed E-state index contributed by atoms with van der Waals surface area (Å²) in [6, 6.07) is 6.01. The van der Waals surface area contributed by atoms with Gasteiger partial charge in [-0.15, -0.1) is 0 Å². The zero-order valence-electron chi connectivity index (χ0n) is 9.91. The molecule has 0 amide bonds. The highest BCUT2D eigenvalue weighted by Crippen LogP contribution is 2.26. The monoisotopic (exact) mass is 263 g/mol. The molecule has 6 heteroatoms. The Hall–Kier alpha value is -1.27. The van der Waals surface area contributed by atoms with Crippen LogP contribution in [-0.4, -0.2) is 29.0 Å². The van der Waals surface area contributed by atoms with E-state index in [9.17, 15) is 18.3 Å². The Labute approximate surface area is 103 Å². The molecular formula is C12H16F3NO2. The second kappa shape index (κ2) is 6.06. The smallest absolute Gasteiger partial charge is 0.415 e. The number of phenolic OH excluding ortho intramolecular Hbond substituents is 1. The second-order valence-electron chi connectivity index (χ2n) is 3.99. The van der Waals surface area contributed by atoms with E-state index in [-0.39, 0.29) is 5.75 Å². The van der Waals surface area contributed by atoms with Crippen LogP contribution in [-0.2, 0) is 0 Å². The summed E-state index contributed by atoms with van der Waals surface area (Å²) in [6.45, 7) is 1.18. The van der Waals surface area contributed by atoms with E-state index in [2.05, 4.69) is 5.32 Å². The summed E-state index contributed by atoms with van der Waals surface area (Å²) in [6.07, 6.45) is -6.54. The van der Waals surface area contributed by atoms with E-state index in [1.807, 2.05) is 0 Å². The number of halogens is 3. The fraction of sp³-hybridized carbons (Fsp3) is 0.500. The number of phenols is 1. The number of para-hydroxylation sites is 1. The number of aliphatic hydroxyl groups excluding tert-OH is 1. The third-order valence-corrected chi connectivity index (χ3v) is 2.66. The third-order valence-electron chi connectivity index (χ3n) is 2.66. The lowest BCUT2D eigenvalue weighted by molar-refractivity contribution is -0.202. The maximum atomic E-state index is 12.1. The number of aliphatic hydroxyl groups is 1. The lowest BCUT2D eigenvalue weighted by Crippen LogP contribution is -2.39. The Morgan fingerprint density at radius 3 is 2.39 bits per heavy atom. The molecule has 3 nitrogen and oxygen atoms in total. The van der Waals surface area contributed by atoms with Crippen LogP contribution >= 0.6 is 0 Å². The number of hydrogen-bond acceptors (Lipinski definition) is 3. The number of benzene rings is 1. The van der Waals surface area contributed by atoms with Crippen molar-refractivity contribution in [2.45, 2.75) is 31.7 Å². The van der Waals surface area contributed by atoms with Gasteiger partial charge in [0.05, 0.1) is 0 Å². The molecule has 18 heavy (non-hydrogen) atoms. The van der Waals surface area contributed by atoms with Crippen LogP contribution in [0.5, 0.6) is 5.75 Å². The van der Waals surface area contributed by atoms with Crippen molar-refractivity contribution in [2.24, 2.45) is 0 Å². The van der Waals surface area contributed by atoms with Crippen molar-refractivity contribution in [1.82, 2.24) is 5.32 Å². The number of alkyl halides is 3. The predicted octanol–water partition coefficient (Wildman–Crippen LogP) is 2.36. The number of hydrogen-bond donors (Lipinski definition) is 3. The van der Waals surface area contributed by atoms with Crippen molar-refractivity contribution in [3.8, 4) is 5.75 Å². The molecule has 0 radical (unpaired) electrons. The predicted molar refractivity (Wildman–Crippen MR) is 61.2 cm³/mol. The molecule has 0 spiro atoms. The summed E-state index contributed by atoms with van der Waals surface area (Å²) in [7, 11) is 0. The molecule has 1 aromatic rings. The summed E-state index contributed by atoms with van der Waals surface area (Å²) < 4.78 is 36.4. The first-order chi connectivity index (χ1) is 8.36. The minimum Gasteiger partial charge on any atom is -0.508 e. The lowest BCUT2D eigenvalue weighted by Gasteiger charge is -2.21. The maximum absolute atomic E-state index is 12.1. The van der Waals surface area contributed by atoms with Crippen LogP contribution < -0.4 is 5.32 Å². The van der Waals surface area contributed by atoms with E-state index in [1.54, 1.807) is 25.1 Å². The highest BCUT2D eigenvalue weighted by Gasteiger charge is 2.38. The molecule has 3 N–H and O–H groups in total. The Morgan fingerprint density at radius 1 is 1.28 bits per heavy atom. The van der Waals surface area contributed by atoms with Crippen LogP contribution in [0.2, 0.25) is 0 Å². The minimum atomic E-state index is -4.63. The van der Waals surface area contributed by atoms with Gasteiger partial charge in [0.15, 0.2) is 6.10 Å². The molecule has 0 aliphatic heterocycles. The van der Waals surface area contributed by atoms with Gasteiger partial charge in [0.25, 0.3) is 0 Å². The molecular weight excluding hydrogens is 247 g/mol. The van der Waals surface area contributed by atoms with E-state index in [0.717, 1.165) is 0 Å². The first-order valence-corrected chi connectivity index (χ1v) is 5.62. The molecule has 1 aromatic carbocycles. The molecule has 2 atom stereocenters. The van der Waals surface area contributed by atoms with E-state index >= 15 is 0 Å². The average molecular weight is 263 g/mol. The molecule has 0 saturated carbocycles. The van der Waals surface area contributed by atoms with E-state index < -0.39 is 24.9 Å². The van der Waals surface area contributed by atoms with Crippen LogP contribution in [0.25, 0.3) is 0 Å². The molecule has 1 rings (SSSR count). The SMILES string of the molecule is CCC(NCC(O)C(F)(F)F)c1ccccc1O. The van der Waals surface area contributed by atoms with Gasteiger partial charge in [0, 0.05) is 18.2 Å². The Bertz CT molecular complexity index is 382. The Kier molecular flexibility index (Phi) is 4.98. The van der Waals surface area contributed by atoms with Crippen molar-refractivity contribution in [3.63, 3.8) is 0 Å². The summed E-state index contributed by atoms with van der Waals surface area (Å²) in [5, 5.41) is 21.1. The average Bonchev–Trinajstić information content (AvgIpc) is 2.30. The minimum absolute atomic E-state index is 0.0262. The molecule has 0 aromatic heterocycles. The van der Waals surface area contributed by atoms with Crippen molar-refractivity contribution in [2.75, 3.05) is 6.54 Å². The molecule has 0 saturated heterocycles. The van der Waals surface area contributed by atoms with Crippen molar-refractivity contribution < 1.29 is 23.4 Å². The zero-order chi connectivity index (χ0) is 13.8. The van der Waals surface area contributed by atoms with Gasteiger partial charge in [-0.1, -0.05) is 25.1 Å². The third kappa shape index (κ3) is 3.89. The highest BCUT2D eigenvalue weighted by molar-refractivity contribution is 5.34. The molecule has 0 fully saturated rings. The molecule has 0 aliphatic carbocycles. The van der Waals surface area contributed by atoms with Crippen molar-refractivity contribution in [3.05, 3.63) is 29.8 Å². The van der Waals surface area contributed by atoms with Crippen LogP contribution in [0, 0.1) is 0 Å². The first-order valence-electron chi connectivity index (χ1n) is 5.62. The summed E-state index contributed by atoms with van der Waals surface area (Å²) in [4.78, 5) is 0. The highest BCUT2D eigenvalue weighted by atomic mass is 19.4. The number of rotatable bonds is 5. The lowest BCUT2D eigenvalue weighted by atomic mass is 10.0. The van der Waals surface area contributed by atoms with Crippen molar-refractivity contribution in [1.29, 1.82) is 0 Å². The maximum Gasteiger partial charge on any atom is 0.415 e. The van der Waals surface area contributed by atoms with Gasteiger partial charge in [0.1, 0.15) is 5.75 Å². The van der Waals surface area contributed by atoms with Crippen LogP contribution in [0.1, 0.15) is 24.9 Å². The normalized spacial score (nSPS) is 15.4. The Morgan fingerprint density at radius 2 is 1.89 bits per heavy atom. The molecule has 0 aliphatic rings. The van der Waals surface area contributed by atoms with Gasteiger partial charge >= 0.3 is 6.18 Å². The van der Waals surface area contributed by atoms with Gasteiger partial charge in [-0.05, 0) is 12.5 Å². The first kappa shape index (κ1) is 14.8. The topological polar surface area (TPSA) is 52.5 Å². The Balaban J connectivity index is 2.67. The quantitative estimate of drug-likeness (QED) is 0.764. The van der Waals surface area contributed by atoms with Gasteiger partial charge in [-0.3, -0.25) is 0 Å². The summed E-state index contributed by atoms with van der Waals surface area (Å²) in [5.41, 5.74) is 0.523. The summed E-state index contributed by atoms with van der Waals surface area (Å²) in [5.74, 6) is 0.0262. The van der Waals surface area contributed by atoms with E-state index in [1.165, 1.54) is 6.07 Å². The number of nitrogens with one attached hydrogen (secondary N) is 1. The number of aromatic hydroxyl groups is 1. The van der Waals surface area contributed by atoms with Crippen LogP contribution in [0.4, 0.5) is 13.2 Å². The zero-order valence-corrected chi connectivity index (χ0v) is 9.91. The van der Waals surface area contributed by atoms with E-state index in [4.69, 9.17) is 5.11 Å². The van der Waals surface area contributed by atoms with Gasteiger partial charge in [0.2, 0.25) is 0 Å². The molecule has 102 valence electrons. The summed E-state index contributed by atoms with van der Waals surface area (Å²) >= 11 is 0. The van der Waals surface area contributed by atoms with Gasteiger partial charge in [-0.25, -0.2) is 0 Å². The largest absolute Gasteiger partial charge is 0.508 e. The van der Waals surface area contributed by atoms with Gasteiger partial charge < -0.3 is 15.5 Å². The van der Waals surface area contributed by atoms with E-state index in [0.29, 0.717) is 12.0 Å². The fourth-order valence-electron chi connectivity index (χ4n) is 1.63. The molecule has 0 bridgehead atoms. The van der Waals surface area contributed by atoms with Gasteiger partial charge in [-0.2, -0.15) is 13.2 Å². The fourth-order valence-corrected chi connectivity index (χ4v) is 1.63.